The van der Waals surface area contributed by atoms with E-state index < -0.39 is 16.1 Å². The highest BCUT2D eigenvalue weighted by Gasteiger charge is 2.31. The molecule has 0 amide bonds. The zero-order chi connectivity index (χ0) is 9.90. The van der Waals surface area contributed by atoms with Crippen LogP contribution in [0.1, 0.15) is 12.8 Å². The van der Waals surface area contributed by atoms with E-state index in [0.717, 1.165) is 6.42 Å². The van der Waals surface area contributed by atoms with Gasteiger partial charge in [0.2, 0.25) is 10.0 Å². The van der Waals surface area contributed by atoms with Crippen LogP contribution in [0.3, 0.4) is 0 Å². The predicted octanol–water partition coefficient (Wildman–Crippen LogP) is -1.23. The summed E-state index contributed by atoms with van der Waals surface area (Å²) >= 11 is 0. The van der Waals surface area contributed by atoms with Crippen molar-refractivity contribution in [2.24, 2.45) is 0 Å². The quantitative estimate of drug-likeness (QED) is 0.610. The number of sulfonamides is 1. The average molecular weight is 209 g/mol. The minimum absolute atomic E-state index is 0.128. The van der Waals surface area contributed by atoms with Gasteiger partial charge in [-0.2, -0.15) is 4.31 Å². The first-order valence-corrected chi connectivity index (χ1v) is 5.94. The van der Waals surface area contributed by atoms with Gasteiger partial charge in [0.15, 0.2) is 0 Å². The third-order valence-corrected chi connectivity index (χ3v) is 4.22. The molecule has 0 saturated carbocycles. The summed E-state index contributed by atoms with van der Waals surface area (Å²) in [6, 6.07) is -0.662. The van der Waals surface area contributed by atoms with Crippen molar-refractivity contribution in [2.75, 3.05) is 25.5 Å². The highest BCUT2D eigenvalue weighted by atomic mass is 32.2. The standard InChI is InChI=1S/C7H15NO4S/c9-5-7(6-10)8-3-1-2-4-13(8,11)12/h7,9-10H,1-6H2. The zero-order valence-corrected chi connectivity index (χ0v) is 8.20. The summed E-state index contributed by atoms with van der Waals surface area (Å²) in [5.41, 5.74) is 0. The first-order valence-electron chi connectivity index (χ1n) is 4.33. The largest absolute Gasteiger partial charge is 0.395 e. The van der Waals surface area contributed by atoms with Gasteiger partial charge in [-0.05, 0) is 12.8 Å². The van der Waals surface area contributed by atoms with Crippen LogP contribution in [-0.2, 0) is 10.0 Å². The van der Waals surface area contributed by atoms with Crippen molar-refractivity contribution in [1.82, 2.24) is 4.31 Å². The molecule has 1 heterocycles. The van der Waals surface area contributed by atoms with E-state index in [4.69, 9.17) is 10.2 Å². The number of nitrogens with zero attached hydrogens (tertiary/aromatic N) is 1. The number of aliphatic hydroxyl groups excluding tert-OH is 2. The van der Waals surface area contributed by atoms with Gasteiger partial charge < -0.3 is 10.2 Å². The van der Waals surface area contributed by atoms with Crippen molar-refractivity contribution in [1.29, 1.82) is 0 Å². The minimum Gasteiger partial charge on any atom is -0.395 e. The molecule has 78 valence electrons. The van der Waals surface area contributed by atoms with Gasteiger partial charge in [-0.25, -0.2) is 8.42 Å². The number of hydrogen-bond acceptors (Lipinski definition) is 4. The molecule has 1 rings (SSSR count). The van der Waals surface area contributed by atoms with Crippen molar-refractivity contribution in [3.8, 4) is 0 Å². The Kier molecular flexibility index (Phi) is 3.66. The van der Waals surface area contributed by atoms with Crippen LogP contribution < -0.4 is 0 Å². The lowest BCUT2D eigenvalue weighted by molar-refractivity contribution is 0.120. The summed E-state index contributed by atoms with van der Waals surface area (Å²) in [4.78, 5) is 0. The van der Waals surface area contributed by atoms with E-state index in [1.54, 1.807) is 0 Å². The van der Waals surface area contributed by atoms with E-state index >= 15 is 0 Å². The lowest BCUT2D eigenvalue weighted by Crippen LogP contribution is -2.48. The summed E-state index contributed by atoms with van der Waals surface area (Å²) in [5, 5.41) is 17.7. The minimum atomic E-state index is -3.23. The van der Waals surface area contributed by atoms with Crippen molar-refractivity contribution in [3.05, 3.63) is 0 Å². The Morgan fingerprint density at radius 3 is 2.31 bits per heavy atom. The van der Waals surface area contributed by atoms with Crippen LogP contribution >= 0.6 is 0 Å². The molecule has 0 aromatic carbocycles. The normalized spacial score (nSPS) is 23.6. The Hall–Kier alpha value is -0.170. The molecule has 1 fully saturated rings. The van der Waals surface area contributed by atoms with E-state index in [1.165, 1.54) is 4.31 Å². The highest BCUT2D eigenvalue weighted by Crippen LogP contribution is 2.16. The lowest BCUT2D eigenvalue weighted by atomic mass is 10.3. The first kappa shape index (κ1) is 10.9. The maximum atomic E-state index is 11.4. The fourth-order valence-corrected chi connectivity index (χ4v) is 3.26. The molecule has 0 bridgehead atoms. The van der Waals surface area contributed by atoms with E-state index in [0.29, 0.717) is 13.0 Å². The summed E-state index contributed by atoms with van der Waals surface area (Å²) in [6.07, 6.45) is 1.47. The molecule has 0 radical (unpaired) electrons. The molecule has 0 atom stereocenters. The Morgan fingerprint density at radius 1 is 1.23 bits per heavy atom. The van der Waals surface area contributed by atoms with Crippen LogP contribution in [0.15, 0.2) is 0 Å². The second kappa shape index (κ2) is 4.36. The molecule has 0 aliphatic carbocycles. The lowest BCUT2D eigenvalue weighted by Gasteiger charge is -2.31. The molecule has 0 spiro atoms. The van der Waals surface area contributed by atoms with Crippen molar-refractivity contribution in [3.63, 3.8) is 0 Å². The summed E-state index contributed by atoms with van der Waals surface area (Å²) in [6.45, 7) is -0.237. The Balaban J connectivity index is 2.75. The molecule has 13 heavy (non-hydrogen) atoms. The average Bonchev–Trinajstić information content (AvgIpc) is 2.09. The predicted molar refractivity (Wildman–Crippen MR) is 47.7 cm³/mol. The zero-order valence-electron chi connectivity index (χ0n) is 7.39. The van der Waals surface area contributed by atoms with Crippen molar-refractivity contribution in [2.45, 2.75) is 18.9 Å². The van der Waals surface area contributed by atoms with Gasteiger partial charge in [-0.1, -0.05) is 0 Å². The molecule has 1 aliphatic rings. The SMILES string of the molecule is O=S1(=O)CCCCN1C(CO)CO. The topological polar surface area (TPSA) is 77.8 Å². The van der Waals surface area contributed by atoms with Crippen LogP contribution in [0.2, 0.25) is 0 Å². The van der Waals surface area contributed by atoms with Crippen LogP contribution in [0.5, 0.6) is 0 Å². The summed E-state index contributed by atoms with van der Waals surface area (Å²) in [7, 11) is -3.23. The smallest absolute Gasteiger partial charge is 0.214 e. The van der Waals surface area contributed by atoms with Crippen LogP contribution in [0.4, 0.5) is 0 Å². The maximum Gasteiger partial charge on any atom is 0.214 e. The molecule has 0 unspecified atom stereocenters. The molecular weight excluding hydrogens is 194 g/mol. The van der Waals surface area contributed by atoms with Gasteiger partial charge in [0.25, 0.3) is 0 Å². The van der Waals surface area contributed by atoms with Gasteiger partial charge in [0.05, 0.1) is 25.0 Å². The van der Waals surface area contributed by atoms with Crippen LogP contribution in [0.25, 0.3) is 0 Å². The van der Waals surface area contributed by atoms with Gasteiger partial charge >= 0.3 is 0 Å². The Labute approximate surface area is 78.0 Å². The van der Waals surface area contributed by atoms with Gasteiger partial charge in [0, 0.05) is 6.54 Å². The molecule has 1 aliphatic heterocycles. The van der Waals surface area contributed by atoms with E-state index in [-0.39, 0.29) is 19.0 Å². The number of hydrogen-bond donors (Lipinski definition) is 2. The van der Waals surface area contributed by atoms with E-state index in [9.17, 15) is 8.42 Å². The van der Waals surface area contributed by atoms with Gasteiger partial charge in [-0.15, -0.1) is 0 Å². The molecule has 2 N–H and O–H groups in total. The third kappa shape index (κ3) is 2.40. The monoisotopic (exact) mass is 209 g/mol. The van der Waals surface area contributed by atoms with Crippen LogP contribution in [0, 0.1) is 0 Å². The Morgan fingerprint density at radius 2 is 1.85 bits per heavy atom. The summed E-state index contributed by atoms with van der Waals surface area (Å²) < 4.78 is 24.1. The van der Waals surface area contributed by atoms with Crippen molar-refractivity contribution >= 4 is 10.0 Å². The number of aliphatic hydroxyl groups is 2. The van der Waals surface area contributed by atoms with E-state index in [1.807, 2.05) is 0 Å². The Bertz CT molecular complexity index is 247. The molecule has 5 nitrogen and oxygen atoms in total. The van der Waals surface area contributed by atoms with Crippen molar-refractivity contribution < 1.29 is 18.6 Å². The van der Waals surface area contributed by atoms with Gasteiger partial charge in [0.1, 0.15) is 0 Å². The van der Waals surface area contributed by atoms with Crippen LogP contribution in [-0.4, -0.2) is 54.5 Å². The van der Waals surface area contributed by atoms with E-state index in [2.05, 4.69) is 0 Å². The first-order chi connectivity index (χ1) is 6.11. The highest BCUT2D eigenvalue weighted by molar-refractivity contribution is 7.89. The molecular formula is C7H15NO4S. The van der Waals surface area contributed by atoms with Gasteiger partial charge in [-0.3, -0.25) is 0 Å². The molecule has 6 heteroatoms. The fraction of sp³-hybridized carbons (Fsp3) is 1.00. The third-order valence-electron chi connectivity index (χ3n) is 2.22. The molecule has 1 saturated heterocycles. The fourth-order valence-electron chi connectivity index (χ4n) is 1.46. The molecule has 0 aromatic rings. The second-order valence-corrected chi connectivity index (χ2v) is 5.19. The second-order valence-electron chi connectivity index (χ2n) is 3.15. The number of rotatable bonds is 3. The maximum absolute atomic E-state index is 11.4. The molecule has 0 aromatic heterocycles. The summed E-state index contributed by atoms with van der Waals surface area (Å²) in [5.74, 6) is 0.128.